The summed E-state index contributed by atoms with van der Waals surface area (Å²) >= 11 is 0. The molecular weight excluding hydrogens is 340 g/mol. The molecule has 27 heavy (non-hydrogen) atoms. The number of rotatable bonds is 6. The molecule has 1 aromatic heterocycles. The topological polar surface area (TPSA) is 60.3 Å². The summed E-state index contributed by atoms with van der Waals surface area (Å²) in [5, 5.41) is 4.19. The zero-order valence-electron chi connectivity index (χ0n) is 15.9. The van der Waals surface area contributed by atoms with Gasteiger partial charge in [0.05, 0.1) is 5.39 Å². The number of carbonyl (C=O) groups excluding carboxylic acids is 1. The second kappa shape index (κ2) is 8.08. The van der Waals surface area contributed by atoms with E-state index in [1.807, 2.05) is 45.0 Å². The molecule has 5 heteroatoms. The van der Waals surface area contributed by atoms with E-state index in [1.54, 1.807) is 29.0 Å². The molecule has 0 unspecified atom stereocenters. The number of ether oxygens (including phenoxy) is 1. The summed E-state index contributed by atoms with van der Waals surface area (Å²) in [6.07, 6.45) is 2.66. The number of benzene rings is 2. The van der Waals surface area contributed by atoms with Gasteiger partial charge in [-0.15, -0.1) is 0 Å². The highest BCUT2D eigenvalue weighted by Crippen LogP contribution is 2.23. The highest BCUT2D eigenvalue weighted by Gasteiger charge is 2.10. The van der Waals surface area contributed by atoms with Crippen molar-refractivity contribution in [1.82, 2.24) is 4.57 Å². The van der Waals surface area contributed by atoms with Crippen LogP contribution in [0, 0.1) is 13.8 Å². The molecular formula is C22H24N2O3. The first-order valence-corrected chi connectivity index (χ1v) is 9.12. The minimum Gasteiger partial charge on any atom is -0.483 e. The molecule has 0 spiro atoms. The molecule has 1 N–H and O–H groups in total. The van der Waals surface area contributed by atoms with Crippen LogP contribution < -0.4 is 15.6 Å². The molecule has 0 bridgehead atoms. The van der Waals surface area contributed by atoms with Gasteiger partial charge in [0.25, 0.3) is 11.5 Å². The van der Waals surface area contributed by atoms with Gasteiger partial charge >= 0.3 is 0 Å². The van der Waals surface area contributed by atoms with Crippen LogP contribution in [0.5, 0.6) is 5.75 Å². The molecule has 0 saturated heterocycles. The van der Waals surface area contributed by atoms with Gasteiger partial charge in [0.1, 0.15) is 5.75 Å². The highest BCUT2D eigenvalue weighted by molar-refractivity contribution is 5.93. The van der Waals surface area contributed by atoms with Crippen LogP contribution in [0.2, 0.25) is 0 Å². The van der Waals surface area contributed by atoms with Gasteiger partial charge in [-0.25, -0.2) is 0 Å². The first-order valence-electron chi connectivity index (χ1n) is 9.12. The van der Waals surface area contributed by atoms with Crippen molar-refractivity contribution in [3.63, 3.8) is 0 Å². The van der Waals surface area contributed by atoms with Gasteiger partial charge in [-0.2, -0.15) is 0 Å². The molecule has 0 saturated carbocycles. The van der Waals surface area contributed by atoms with Crippen molar-refractivity contribution < 1.29 is 9.53 Å². The van der Waals surface area contributed by atoms with Gasteiger partial charge in [0.15, 0.2) is 6.61 Å². The Morgan fingerprint density at radius 3 is 2.63 bits per heavy atom. The Bertz CT molecular complexity index is 1040. The average molecular weight is 364 g/mol. The van der Waals surface area contributed by atoms with E-state index in [0.717, 1.165) is 28.6 Å². The molecule has 3 rings (SSSR count). The molecule has 0 aliphatic rings. The fourth-order valence-electron chi connectivity index (χ4n) is 3.05. The van der Waals surface area contributed by atoms with Crippen molar-refractivity contribution in [3.05, 3.63) is 70.1 Å². The molecule has 2 aromatic carbocycles. The number of aryl methyl sites for hydroxylation is 2. The molecule has 0 aliphatic heterocycles. The Balaban J connectivity index is 1.77. The summed E-state index contributed by atoms with van der Waals surface area (Å²) in [6, 6.07) is 13.0. The zero-order chi connectivity index (χ0) is 19.4. The minimum atomic E-state index is -0.236. The van der Waals surface area contributed by atoms with Crippen LogP contribution in [0.4, 0.5) is 5.69 Å². The summed E-state index contributed by atoms with van der Waals surface area (Å²) < 4.78 is 7.41. The van der Waals surface area contributed by atoms with Crippen molar-refractivity contribution in [3.8, 4) is 5.75 Å². The summed E-state index contributed by atoms with van der Waals surface area (Å²) in [6.45, 7) is 6.56. The van der Waals surface area contributed by atoms with Crippen molar-refractivity contribution in [1.29, 1.82) is 0 Å². The average Bonchev–Trinajstić information content (AvgIpc) is 2.66. The fraction of sp³-hybridized carbons (Fsp3) is 0.273. The van der Waals surface area contributed by atoms with Crippen LogP contribution in [0.15, 0.2) is 53.5 Å². The van der Waals surface area contributed by atoms with Gasteiger partial charge in [-0.05, 0) is 55.7 Å². The predicted molar refractivity (Wildman–Crippen MR) is 109 cm³/mol. The predicted octanol–water partition coefficient (Wildman–Crippen LogP) is 4.05. The Kier molecular flexibility index (Phi) is 5.60. The highest BCUT2D eigenvalue weighted by atomic mass is 16.5. The van der Waals surface area contributed by atoms with Gasteiger partial charge in [0, 0.05) is 23.8 Å². The number of hydrogen-bond donors (Lipinski definition) is 1. The van der Waals surface area contributed by atoms with Gasteiger partial charge in [-0.1, -0.05) is 25.1 Å². The van der Waals surface area contributed by atoms with E-state index in [9.17, 15) is 9.59 Å². The maximum absolute atomic E-state index is 12.5. The SMILES string of the molecule is CCCn1ccc2c(OCC(=O)Nc3cccc(C)c3C)cccc2c1=O. The lowest BCUT2D eigenvalue weighted by Gasteiger charge is -2.13. The summed E-state index contributed by atoms with van der Waals surface area (Å²) in [5.41, 5.74) is 2.89. The number of nitrogens with one attached hydrogen (secondary N) is 1. The lowest BCUT2D eigenvalue weighted by Crippen LogP contribution is -2.22. The Hall–Kier alpha value is -3.08. The van der Waals surface area contributed by atoms with E-state index in [1.165, 1.54) is 0 Å². The standard InChI is InChI=1S/C22H24N2O3/c1-4-12-24-13-11-17-18(22(24)26)8-6-10-20(17)27-14-21(25)23-19-9-5-7-15(2)16(19)3/h5-11,13H,4,12,14H2,1-3H3,(H,23,25). The first-order chi connectivity index (χ1) is 13.0. The molecule has 3 aromatic rings. The number of pyridine rings is 1. The summed E-state index contributed by atoms with van der Waals surface area (Å²) in [7, 11) is 0. The monoisotopic (exact) mass is 364 g/mol. The second-order valence-electron chi connectivity index (χ2n) is 6.62. The third-order valence-corrected chi connectivity index (χ3v) is 4.68. The largest absolute Gasteiger partial charge is 0.483 e. The summed E-state index contributed by atoms with van der Waals surface area (Å²) in [4.78, 5) is 24.8. The number of hydrogen-bond acceptors (Lipinski definition) is 3. The summed E-state index contributed by atoms with van der Waals surface area (Å²) in [5.74, 6) is 0.296. The number of amides is 1. The van der Waals surface area contributed by atoms with E-state index >= 15 is 0 Å². The van der Waals surface area contributed by atoms with Crippen LogP contribution >= 0.6 is 0 Å². The number of nitrogens with zero attached hydrogens (tertiary/aromatic N) is 1. The first kappa shape index (κ1) is 18.7. The molecule has 5 nitrogen and oxygen atoms in total. The molecule has 1 amide bonds. The lowest BCUT2D eigenvalue weighted by molar-refractivity contribution is -0.118. The quantitative estimate of drug-likeness (QED) is 0.718. The molecule has 0 fully saturated rings. The second-order valence-corrected chi connectivity index (χ2v) is 6.62. The van der Waals surface area contributed by atoms with E-state index in [4.69, 9.17) is 4.74 Å². The van der Waals surface area contributed by atoms with E-state index in [0.29, 0.717) is 17.7 Å². The Morgan fingerprint density at radius 1 is 1.07 bits per heavy atom. The van der Waals surface area contributed by atoms with Crippen molar-refractivity contribution in [2.75, 3.05) is 11.9 Å². The lowest BCUT2D eigenvalue weighted by atomic mass is 10.1. The van der Waals surface area contributed by atoms with Crippen LogP contribution in [0.1, 0.15) is 24.5 Å². The van der Waals surface area contributed by atoms with E-state index in [-0.39, 0.29) is 18.1 Å². The molecule has 1 heterocycles. The van der Waals surface area contributed by atoms with Gasteiger partial charge < -0.3 is 14.6 Å². The molecule has 0 radical (unpaired) electrons. The van der Waals surface area contributed by atoms with Crippen LogP contribution in [0.3, 0.4) is 0 Å². The Labute approximate surface area is 158 Å². The number of fused-ring (bicyclic) bond motifs is 1. The van der Waals surface area contributed by atoms with Crippen molar-refractivity contribution in [2.45, 2.75) is 33.7 Å². The smallest absolute Gasteiger partial charge is 0.262 e. The number of aromatic nitrogens is 1. The zero-order valence-corrected chi connectivity index (χ0v) is 15.9. The maximum Gasteiger partial charge on any atom is 0.262 e. The maximum atomic E-state index is 12.5. The van der Waals surface area contributed by atoms with E-state index < -0.39 is 0 Å². The number of carbonyl (C=O) groups is 1. The van der Waals surface area contributed by atoms with E-state index in [2.05, 4.69) is 5.32 Å². The number of anilines is 1. The molecule has 0 atom stereocenters. The molecule has 140 valence electrons. The van der Waals surface area contributed by atoms with Crippen molar-refractivity contribution >= 4 is 22.4 Å². The fourth-order valence-corrected chi connectivity index (χ4v) is 3.05. The van der Waals surface area contributed by atoms with Crippen LogP contribution in [0.25, 0.3) is 10.8 Å². The Morgan fingerprint density at radius 2 is 1.85 bits per heavy atom. The third-order valence-electron chi connectivity index (χ3n) is 4.68. The van der Waals surface area contributed by atoms with Crippen LogP contribution in [-0.2, 0) is 11.3 Å². The normalized spacial score (nSPS) is 10.8. The minimum absolute atomic E-state index is 0.0420. The molecule has 0 aliphatic carbocycles. The third kappa shape index (κ3) is 4.03. The van der Waals surface area contributed by atoms with Crippen LogP contribution in [-0.4, -0.2) is 17.1 Å². The van der Waals surface area contributed by atoms with Gasteiger partial charge in [-0.3, -0.25) is 9.59 Å². The van der Waals surface area contributed by atoms with Crippen molar-refractivity contribution in [2.24, 2.45) is 0 Å². The van der Waals surface area contributed by atoms with Gasteiger partial charge in [0.2, 0.25) is 0 Å².